The van der Waals surface area contributed by atoms with Crippen molar-refractivity contribution in [3.05, 3.63) is 53.6 Å². The predicted octanol–water partition coefficient (Wildman–Crippen LogP) is 2.50. The zero-order chi connectivity index (χ0) is 18.1. The Balaban J connectivity index is 1.28. The normalized spacial score (nSPS) is 19.5. The lowest BCUT2D eigenvalue weighted by atomic mass is 9.90. The molecule has 1 amide bonds. The van der Waals surface area contributed by atoms with Crippen molar-refractivity contribution in [3.63, 3.8) is 0 Å². The minimum atomic E-state index is -0.545. The Morgan fingerprint density at radius 1 is 1.23 bits per heavy atom. The van der Waals surface area contributed by atoms with Crippen molar-refractivity contribution in [2.45, 2.75) is 38.2 Å². The van der Waals surface area contributed by atoms with E-state index in [0.717, 1.165) is 44.6 Å². The smallest absolute Gasteiger partial charge is 0.222 e. The molecule has 1 atom stereocenters. The highest BCUT2D eigenvalue weighted by Gasteiger charge is 2.31. The van der Waals surface area contributed by atoms with E-state index < -0.39 is 6.10 Å². The maximum Gasteiger partial charge on any atom is 0.222 e. The fourth-order valence-electron chi connectivity index (χ4n) is 4.51. The van der Waals surface area contributed by atoms with Crippen LogP contribution in [0.4, 0.5) is 0 Å². The van der Waals surface area contributed by atoms with Gasteiger partial charge in [0.15, 0.2) is 0 Å². The first kappa shape index (κ1) is 17.3. The van der Waals surface area contributed by atoms with Crippen molar-refractivity contribution in [2.24, 2.45) is 18.9 Å². The number of benzene rings is 1. The summed E-state index contributed by atoms with van der Waals surface area (Å²) in [5.74, 6) is 1.61. The van der Waals surface area contributed by atoms with Crippen molar-refractivity contribution < 1.29 is 9.90 Å². The van der Waals surface area contributed by atoms with Gasteiger partial charge >= 0.3 is 0 Å². The zero-order valence-corrected chi connectivity index (χ0v) is 15.3. The summed E-state index contributed by atoms with van der Waals surface area (Å²) in [6.45, 7) is 1.48. The molecule has 26 heavy (non-hydrogen) atoms. The number of likely N-dealkylation sites (tertiary alicyclic amines) is 1. The monoisotopic (exact) mass is 353 g/mol. The van der Waals surface area contributed by atoms with E-state index in [0.29, 0.717) is 12.3 Å². The molecule has 0 spiro atoms. The number of hydrogen-bond donors (Lipinski definition) is 1. The maximum absolute atomic E-state index is 12.7. The second kappa shape index (κ2) is 7.23. The van der Waals surface area contributed by atoms with E-state index in [2.05, 4.69) is 29.2 Å². The Hall–Kier alpha value is -2.14. The summed E-state index contributed by atoms with van der Waals surface area (Å²) < 4.78 is 1.87. The SMILES string of the molecule is Cn1ccnc1[C@H](O)C1CCN(C(=O)CC2Cc3ccccc3C2)CC1. The van der Waals surface area contributed by atoms with Crippen LogP contribution in [0.3, 0.4) is 0 Å². The molecular formula is C21H27N3O2. The zero-order valence-electron chi connectivity index (χ0n) is 15.3. The number of carbonyl (C=O) groups is 1. The Kier molecular flexibility index (Phi) is 4.81. The predicted molar refractivity (Wildman–Crippen MR) is 99.4 cm³/mol. The lowest BCUT2D eigenvalue weighted by Crippen LogP contribution is -2.40. The molecule has 4 rings (SSSR count). The largest absolute Gasteiger partial charge is 0.385 e. The van der Waals surface area contributed by atoms with Gasteiger partial charge in [0, 0.05) is 39.0 Å². The maximum atomic E-state index is 12.7. The molecule has 1 aromatic heterocycles. The van der Waals surface area contributed by atoms with E-state index in [4.69, 9.17) is 0 Å². The molecule has 1 saturated heterocycles. The summed E-state index contributed by atoms with van der Waals surface area (Å²) in [4.78, 5) is 19.0. The highest BCUT2D eigenvalue weighted by Crippen LogP contribution is 2.32. The van der Waals surface area contributed by atoms with E-state index in [1.165, 1.54) is 11.1 Å². The van der Waals surface area contributed by atoms with Crippen LogP contribution in [0.2, 0.25) is 0 Å². The quantitative estimate of drug-likeness (QED) is 0.919. The summed E-state index contributed by atoms with van der Waals surface area (Å²) >= 11 is 0. The first-order valence-electron chi connectivity index (χ1n) is 9.61. The van der Waals surface area contributed by atoms with Gasteiger partial charge in [0.2, 0.25) is 5.91 Å². The molecule has 138 valence electrons. The lowest BCUT2D eigenvalue weighted by molar-refractivity contribution is -0.134. The Bertz CT molecular complexity index is 752. The van der Waals surface area contributed by atoms with Crippen LogP contribution >= 0.6 is 0 Å². The number of aliphatic hydroxyl groups excluding tert-OH is 1. The van der Waals surface area contributed by atoms with Gasteiger partial charge in [0.25, 0.3) is 0 Å². The van der Waals surface area contributed by atoms with Crippen molar-refractivity contribution in [1.29, 1.82) is 0 Å². The first-order chi connectivity index (χ1) is 12.6. The fraction of sp³-hybridized carbons (Fsp3) is 0.524. The van der Waals surface area contributed by atoms with Gasteiger partial charge < -0.3 is 14.6 Å². The Morgan fingerprint density at radius 2 is 1.88 bits per heavy atom. The summed E-state index contributed by atoms with van der Waals surface area (Å²) in [5.41, 5.74) is 2.81. The molecule has 0 saturated carbocycles. The van der Waals surface area contributed by atoms with E-state index in [1.807, 2.05) is 22.7 Å². The molecule has 1 N–H and O–H groups in total. The summed E-state index contributed by atoms with van der Waals surface area (Å²) in [6, 6.07) is 8.54. The molecule has 5 heteroatoms. The van der Waals surface area contributed by atoms with E-state index in [9.17, 15) is 9.90 Å². The topological polar surface area (TPSA) is 58.4 Å². The number of amides is 1. The van der Waals surface area contributed by atoms with Gasteiger partial charge in [-0.1, -0.05) is 24.3 Å². The van der Waals surface area contributed by atoms with Crippen LogP contribution < -0.4 is 0 Å². The van der Waals surface area contributed by atoms with Crippen LogP contribution in [-0.2, 0) is 24.7 Å². The lowest BCUT2D eigenvalue weighted by Gasteiger charge is -2.34. The molecule has 0 unspecified atom stereocenters. The summed E-state index contributed by atoms with van der Waals surface area (Å²) in [5, 5.41) is 10.6. The molecule has 5 nitrogen and oxygen atoms in total. The van der Waals surface area contributed by atoms with Crippen LogP contribution in [0.1, 0.15) is 42.3 Å². The number of fused-ring (bicyclic) bond motifs is 1. The van der Waals surface area contributed by atoms with Gasteiger partial charge in [0.1, 0.15) is 11.9 Å². The number of hydrogen-bond acceptors (Lipinski definition) is 3. The van der Waals surface area contributed by atoms with Crippen molar-refractivity contribution in [1.82, 2.24) is 14.5 Å². The van der Waals surface area contributed by atoms with E-state index in [1.54, 1.807) is 6.20 Å². The summed E-state index contributed by atoms with van der Waals surface area (Å²) in [6.07, 6.45) is 7.40. The Labute approximate surface area is 154 Å². The molecule has 2 aromatic rings. The summed E-state index contributed by atoms with van der Waals surface area (Å²) in [7, 11) is 1.91. The fourth-order valence-corrected chi connectivity index (χ4v) is 4.51. The number of imidazole rings is 1. The number of nitrogens with zero attached hydrogens (tertiary/aromatic N) is 3. The molecule has 0 radical (unpaired) electrons. The van der Waals surface area contributed by atoms with Gasteiger partial charge in [-0.15, -0.1) is 0 Å². The van der Waals surface area contributed by atoms with Gasteiger partial charge in [-0.25, -0.2) is 4.98 Å². The van der Waals surface area contributed by atoms with Gasteiger partial charge in [-0.05, 0) is 48.6 Å². The minimum Gasteiger partial charge on any atom is -0.385 e. The number of aryl methyl sites for hydroxylation is 1. The van der Waals surface area contributed by atoms with Crippen LogP contribution in [0, 0.1) is 11.8 Å². The van der Waals surface area contributed by atoms with Gasteiger partial charge in [-0.2, -0.15) is 0 Å². The third kappa shape index (κ3) is 3.40. The molecule has 1 aliphatic heterocycles. The third-order valence-corrected chi connectivity index (χ3v) is 6.06. The molecule has 1 aliphatic carbocycles. The molecule has 1 fully saturated rings. The van der Waals surface area contributed by atoms with Gasteiger partial charge in [-0.3, -0.25) is 4.79 Å². The molecule has 2 heterocycles. The second-order valence-electron chi connectivity index (χ2n) is 7.81. The number of piperidine rings is 1. The van der Waals surface area contributed by atoms with Crippen LogP contribution in [0.15, 0.2) is 36.7 Å². The van der Waals surface area contributed by atoms with Crippen LogP contribution in [0.5, 0.6) is 0 Å². The molecule has 1 aromatic carbocycles. The number of rotatable bonds is 4. The van der Waals surface area contributed by atoms with Crippen LogP contribution in [-0.4, -0.2) is 38.6 Å². The minimum absolute atomic E-state index is 0.177. The molecule has 2 aliphatic rings. The van der Waals surface area contributed by atoms with Gasteiger partial charge in [0.05, 0.1) is 0 Å². The van der Waals surface area contributed by atoms with Crippen molar-refractivity contribution in [2.75, 3.05) is 13.1 Å². The molecule has 0 bridgehead atoms. The van der Waals surface area contributed by atoms with E-state index in [-0.39, 0.29) is 11.8 Å². The number of aromatic nitrogens is 2. The van der Waals surface area contributed by atoms with E-state index >= 15 is 0 Å². The average molecular weight is 353 g/mol. The second-order valence-corrected chi connectivity index (χ2v) is 7.81. The first-order valence-corrected chi connectivity index (χ1v) is 9.61. The Morgan fingerprint density at radius 3 is 2.46 bits per heavy atom. The van der Waals surface area contributed by atoms with Crippen molar-refractivity contribution in [3.8, 4) is 0 Å². The van der Waals surface area contributed by atoms with Crippen molar-refractivity contribution >= 4 is 5.91 Å². The molecular weight excluding hydrogens is 326 g/mol. The highest BCUT2D eigenvalue weighted by atomic mass is 16.3. The van der Waals surface area contributed by atoms with Crippen LogP contribution in [0.25, 0.3) is 0 Å². The number of aliphatic hydroxyl groups is 1. The standard InChI is InChI=1S/C21H27N3O2/c1-23-11-8-22-21(23)20(26)16-6-9-24(10-7-16)19(25)14-15-12-17-4-2-3-5-18(17)13-15/h2-5,8,11,15-16,20,26H,6-7,9-10,12-14H2,1H3/t20-/m1/s1. The third-order valence-electron chi connectivity index (χ3n) is 6.06. The average Bonchev–Trinajstić information content (AvgIpc) is 3.26. The highest BCUT2D eigenvalue weighted by molar-refractivity contribution is 5.76. The number of carbonyl (C=O) groups excluding carboxylic acids is 1.